The first-order chi connectivity index (χ1) is 9.81. The van der Waals surface area contributed by atoms with E-state index in [2.05, 4.69) is 16.2 Å². The van der Waals surface area contributed by atoms with Crippen LogP contribution in [0.25, 0.3) is 11.0 Å². The van der Waals surface area contributed by atoms with Crippen LogP contribution in [0, 0.1) is 11.3 Å². The van der Waals surface area contributed by atoms with E-state index in [0.29, 0.717) is 24.4 Å². The smallest absolute Gasteiger partial charge is 0.156 e. The number of rotatable bonds is 4. The van der Waals surface area contributed by atoms with Crippen molar-refractivity contribution in [2.75, 3.05) is 5.88 Å². The average Bonchev–Trinajstić information content (AvgIpc) is 3.08. The zero-order valence-electron chi connectivity index (χ0n) is 10.6. The van der Waals surface area contributed by atoms with Crippen LogP contribution in [0.2, 0.25) is 0 Å². The lowest BCUT2D eigenvalue weighted by Gasteiger charge is -2.05. The highest BCUT2D eigenvalue weighted by Crippen LogP contribution is 2.20. The van der Waals surface area contributed by atoms with E-state index in [4.69, 9.17) is 21.4 Å². The third kappa shape index (κ3) is 2.26. The fraction of sp³-hybridized carbons (Fsp3) is 0.214. The zero-order chi connectivity index (χ0) is 13.9. The summed E-state index contributed by atoms with van der Waals surface area (Å²) in [6.45, 7) is 0.525. The van der Waals surface area contributed by atoms with Gasteiger partial charge in [-0.1, -0.05) is 5.16 Å². The second kappa shape index (κ2) is 5.35. The Bertz CT molecular complexity index is 770. The molecule has 20 heavy (non-hydrogen) atoms. The van der Waals surface area contributed by atoms with Gasteiger partial charge in [-0.25, -0.2) is 4.98 Å². The highest BCUT2D eigenvalue weighted by Gasteiger charge is 2.12. The van der Waals surface area contributed by atoms with Crippen LogP contribution in [0.1, 0.15) is 17.1 Å². The molecule has 0 spiro atoms. The molecule has 0 saturated heterocycles. The molecule has 3 aromatic rings. The lowest BCUT2D eigenvalue weighted by atomic mass is 10.2. The Kier molecular flexibility index (Phi) is 3.40. The monoisotopic (exact) mass is 286 g/mol. The van der Waals surface area contributed by atoms with Crippen LogP contribution in [0.4, 0.5) is 0 Å². The number of fused-ring (bicyclic) bond motifs is 1. The van der Waals surface area contributed by atoms with Crippen molar-refractivity contribution >= 4 is 22.6 Å². The van der Waals surface area contributed by atoms with Crippen LogP contribution in [0.15, 0.2) is 35.0 Å². The molecule has 0 saturated carbocycles. The highest BCUT2D eigenvalue weighted by molar-refractivity contribution is 6.17. The second-order valence-corrected chi connectivity index (χ2v) is 4.73. The van der Waals surface area contributed by atoms with Crippen molar-refractivity contribution in [1.82, 2.24) is 14.7 Å². The van der Waals surface area contributed by atoms with Crippen molar-refractivity contribution < 1.29 is 4.52 Å². The van der Waals surface area contributed by atoms with Crippen molar-refractivity contribution in [2.24, 2.45) is 0 Å². The molecule has 0 amide bonds. The Morgan fingerprint density at radius 3 is 2.95 bits per heavy atom. The lowest BCUT2D eigenvalue weighted by Crippen LogP contribution is -2.05. The summed E-state index contributed by atoms with van der Waals surface area (Å²) in [6, 6.07) is 9.40. The van der Waals surface area contributed by atoms with Gasteiger partial charge in [-0.15, -0.1) is 11.6 Å². The van der Waals surface area contributed by atoms with Crippen LogP contribution in [0.5, 0.6) is 0 Å². The molecule has 1 aromatic carbocycles. The maximum Gasteiger partial charge on any atom is 0.156 e. The van der Waals surface area contributed by atoms with Gasteiger partial charge in [0, 0.05) is 18.4 Å². The number of halogens is 1. The molecule has 0 aliphatic heterocycles. The van der Waals surface area contributed by atoms with E-state index >= 15 is 0 Å². The molecule has 3 rings (SSSR count). The number of nitriles is 1. The number of imidazole rings is 1. The first kappa shape index (κ1) is 12.7. The van der Waals surface area contributed by atoms with Crippen molar-refractivity contribution in [2.45, 2.75) is 13.0 Å². The predicted molar refractivity (Wildman–Crippen MR) is 74.5 cm³/mol. The Hall–Kier alpha value is -2.32. The fourth-order valence-corrected chi connectivity index (χ4v) is 2.34. The van der Waals surface area contributed by atoms with Crippen LogP contribution < -0.4 is 0 Å². The van der Waals surface area contributed by atoms with Crippen molar-refractivity contribution in [3.05, 3.63) is 47.6 Å². The first-order valence-corrected chi connectivity index (χ1v) is 6.70. The minimum absolute atomic E-state index is 0.491. The summed E-state index contributed by atoms with van der Waals surface area (Å²) in [5.41, 5.74) is 2.36. The minimum Gasteiger partial charge on any atom is -0.359 e. The fourth-order valence-electron chi connectivity index (χ4n) is 2.17. The number of hydrogen-bond acceptors (Lipinski definition) is 4. The van der Waals surface area contributed by atoms with Gasteiger partial charge in [0.15, 0.2) is 5.76 Å². The maximum absolute atomic E-state index is 9.03. The van der Waals surface area contributed by atoms with E-state index in [0.717, 1.165) is 22.6 Å². The third-order valence-electron chi connectivity index (χ3n) is 3.08. The summed E-state index contributed by atoms with van der Waals surface area (Å²) < 4.78 is 7.16. The summed E-state index contributed by atoms with van der Waals surface area (Å²) in [5.74, 6) is 2.11. The lowest BCUT2D eigenvalue weighted by molar-refractivity contribution is 0.376. The van der Waals surface area contributed by atoms with Crippen LogP contribution in [0.3, 0.4) is 0 Å². The SMILES string of the molecule is N#Cc1ccc2nc(CCCl)n(Cc3ccno3)c2c1. The van der Waals surface area contributed by atoms with E-state index < -0.39 is 0 Å². The summed E-state index contributed by atoms with van der Waals surface area (Å²) in [6.07, 6.45) is 2.27. The van der Waals surface area contributed by atoms with Gasteiger partial charge in [0.2, 0.25) is 0 Å². The van der Waals surface area contributed by atoms with Gasteiger partial charge in [0.25, 0.3) is 0 Å². The zero-order valence-corrected chi connectivity index (χ0v) is 11.3. The molecule has 0 aliphatic carbocycles. The van der Waals surface area contributed by atoms with E-state index in [1.54, 1.807) is 12.3 Å². The number of benzene rings is 1. The maximum atomic E-state index is 9.03. The second-order valence-electron chi connectivity index (χ2n) is 4.35. The van der Waals surface area contributed by atoms with Crippen molar-refractivity contribution in [1.29, 1.82) is 5.26 Å². The largest absolute Gasteiger partial charge is 0.359 e. The standard InChI is InChI=1S/C14H11ClN4O/c15-5-3-14-18-12-2-1-10(8-16)7-13(12)19(14)9-11-4-6-17-20-11/h1-2,4,6-7H,3,5,9H2. The van der Waals surface area contributed by atoms with E-state index in [1.165, 1.54) is 0 Å². The Balaban J connectivity index is 2.14. The normalized spacial score (nSPS) is 10.8. The summed E-state index contributed by atoms with van der Waals surface area (Å²) in [4.78, 5) is 4.57. The van der Waals surface area contributed by atoms with E-state index in [1.807, 2.05) is 22.8 Å². The van der Waals surface area contributed by atoms with E-state index in [-0.39, 0.29) is 0 Å². The minimum atomic E-state index is 0.491. The van der Waals surface area contributed by atoms with Gasteiger partial charge in [-0.2, -0.15) is 5.26 Å². The van der Waals surface area contributed by atoms with Crippen LogP contribution in [-0.2, 0) is 13.0 Å². The first-order valence-electron chi connectivity index (χ1n) is 6.16. The summed E-state index contributed by atoms with van der Waals surface area (Å²) in [5, 5.41) is 12.7. The van der Waals surface area contributed by atoms with Crippen LogP contribution in [-0.4, -0.2) is 20.6 Å². The molecular formula is C14H11ClN4O. The van der Waals surface area contributed by atoms with Gasteiger partial charge in [0.1, 0.15) is 5.82 Å². The predicted octanol–water partition coefficient (Wildman–Crippen LogP) is 2.73. The molecule has 0 aliphatic rings. The number of hydrogen-bond donors (Lipinski definition) is 0. The molecular weight excluding hydrogens is 276 g/mol. The molecule has 0 unspecified atom stereocenters. The van der Waals surface area contributed by atoms with E-state index in [9.17, 15) is 0 Å². The Labute approximate surface area is 120 Å². The topological polar surface area (TPSA) is 67.6 Å². The Morgan fingerprint density at radius 2 is 2.25 bits per heavy atom. The molecule has 0 radical (unpaired) electrons. The van der Waals surface area contributed by atoms with Crippen LogP contribution >= 0.6 is 11.6 Å². The van der Waals surface area contributed by atoms with Crippen molar-refractivity contribution in [3.63, 3.8) is 0 Å². The number of aromatic nitrogens is 3. The average molecular weight is 287 g/mol. The molecule has 100 valence electrons. The molecule has 0 bridgehead atoms. The molecule has 0 atom stereocenters. The van der Waals surface area contributed by atoms with Crippen molar-refractivity contribution in [3.8, 4) is 6.07 Å². The van der Waals surface area contributed by atoms with Gasteiger partial charge in [0.05, 0.1) is 35.4 Å². The summed E-state index contributed by atoms with van der Waals surface area (Å²) in [7, 11) is 0. The number of nitrogens with zero attached hydrogens (tertiary/aromatic N) is 4. The number of alkyl halides is 1. The molecule has 5 nitrogen and oxygen atoms in total. The molecule has 0 N–H and O–H groups in total. The summed E-state index contributed by atoms with van der Waals surface area (Å²) >= 11 is 5.83. The van der Waals surface area contributed by atoms with Gasteiger partial charge in [-0.05, 0) is 18.2 Å². The molecule has 2 heterocycles. The number of aryl methyl sites for hydroxylation is 1. The van der Waals surface area contributed by atoms with Gasteiger partial charge in [-0.3, -0.25) is 0 Å². The highest BCUT2D eigenvalue weighted by atomic mass is 35.5. The molecule has 6 heteroatoms. The third-order valence-corrected chi connectivity index (χ3v) is 3.27. The molecule has 2 aromatic heterocycles. The van der Waals surface area contributed by atoms with Gasteiger partial charge < -0.3 is 9.09 Å². The van der Waals surface area contributed by atoms with Gasteiger partial charge >= 0.3 is 0 Å². The Morgan fingerprint density at radius 1 is 1.35 bits per heavy atom. The molecule has 0 fully saturated rings. The quantitative estimate of drug-likeness (QED) is 0.692.